The third-order valence-electron chi connectivity index (χ3n) is 2.31. The molecule has 1 aromatic rings. The van der Waals surface area contributed by atoms with Crippen LogP contribution in [-0.2, 0) is 0 Å². The number of nitrogens with one attached hydrogen (secondary N) is 1. The summed E-state index contributed by atoms with van der Waals surface area (Å²) in [5, 5.41) is 3.26. The van der Waals surface area contributed by atoms with Gasteiger partial charge in [0.1, 0.15) is 5.82 Å². The van der Waals surface area contributed by atoms with Gasteiger partial charge in [0.25, 0.3) is 0 Å². The second-order valence-corrected chi connectivity index (χ2v) is 5.32. The Balaban J connectivity index is 2.83. The summed E-state index contributed by atoms with van der Waals surface area (Å²) in [6, 6.07) is 3.34. The van der Waals surface area contributed by atoms with Crippen LogP contribution in [0.5, 0.6) is 0 Å². The molecule has 0 aliphatic heterocycles. The molecule has 16 heavy (non-hydrogen) atoms. The number of nitrogens with two attached hydrogens (primary N) is 1. The van der Waals surface area contributed by atoms with Crippen LogP contribution in [0.3, 0.4) is 0 Å². The fourth-order valence-electron chi connectivity index (χ4n) is 1.37. The fourth-order valence-corrected chi connectivity index (χ4v) is 2.45. The average molecular weight is 307 g/mol. The molecule has 1 rings (SSSR count). The van der Waals surface area contributed by atoms with Gasteiger partial charge in [-0.1, -0.05) is 6.92 Å². The fraction of sp³-hybridized carbons (Fsp3) is 0.455. The van der Waals surface area contributed by atoms with Gasteiger partial charge in [-0.25, -0.2) is 4.39 Å². The molecule has 0 aliphatic carbocycles. The van der Waals surface area contributed by atoms with Crippen LogP contribution in [0.25, 0.3) is 0 Å². The van der Waals surface area contributed by atoms with E-state index in [1.165, 1.54) is 6.07 Å². The molecule has 1 atom stereocenters. The van der Waals surface area contributed by atoms with E-state index in [0.717, 1.165) is 12.2 Å². The highest BCUT2D eigenvalue weighted by atomic mass is 79.9. The second-order valence-electron chi connectivity index (χ2n) is 3.56. The zero-order valence-corrected chi connectivity index (χ0v) is 11.8. The maximum absolute atomic E-state index is 13.4. The van der Waals surface area contributed by atoms with Crippen LogP contribution < -0.4 is 11.1 Å². The predicted molar refractivity (Wildman–Crippen MR) is 74.6 cm³/mol. The summed E-state index contributed by atoms with van der Waals surface area (Å²) in [6.07, 6.45) is 3.04. The lowest BCUT2D eigenvalue weighted by molar-refractivity contribution is 0.621. The monoisotopic (exact) mass is 306 g/mol. The molecule has 2 nitrogen and oxygen atoms in total. The third kappa shape index (κ3) is 3.56. The van der Waals surface area contributed by atoms with Crippen molar-refractivity contribution in [1.29, 1.82) is 0 Å². The summed E-state index contributed by atoms with van der Waals surface area (Å²) in [5.74, 6) is 0.684. The van der Waals surface area contributed by atoms with Crippen molar-refractivity contribution in [3.8, 4) is 0 Å². The lowest BCUT2D eigenvalue weighted by Crippen LogP contribution is -2.21. The standard InChI is InChI=1S/C11H16BrFN2S/c1-3-7(6-16-2)15-11-5-9(13)8(12)4-10(11)14/h4-5,7,15H,3,6,14H2,1-2H3. The summed E-state index contributed by atoms with van der Waals surface area (Å²) in [4.78, 5) is 0. The maximum Gasteiger partial charge on any atom is 0.139 e. The van der Waals surface area contributed by atoms with Crippen molar-refractivity contribution in [2.45, 2.75) is 19.4 Å². The quantitative estimate of drug-likeness (QED) is 0.814. The number of hydrogen-bond acceptors (Lipinski definition) is 3. The number of anilines is 2. The van der Waals surface area contributed by atoms with E-state index in [0.29, 0.717) is 21.9 Å². The Hall–Kier alpha value is -0.420. The highest BCUT2D eigenvalue weighted by Gasteiger charge is 2.10. The van der Waals surface area contributed by atoms with E-state index in [1.54, 1.807) is 17.8 Å². The smallest absolute Gasteiger partial charge is 0.139 e. The van der Waals surface area contributed by atoms with Crippen molar-refractivity contribution in [2.75, 3.05) is 23.1 Å². The first-order valence-electron chi connectivity index (χ1n) is 5.08. The minimum Gasteiger partial charge on any atom is -0.397 e. The highest BCUT2D eigenvalue weighted by molar-refractivity contribution is 9.10. The first kappa shape index (κ1) is 13.6. The number of thioether (sulfide) groups is 1. The van der Waals surface area contributed by atoms with Crippen molar-refractivity contribution < 1.29 is 4.39 Å². The highest BCUT2D eigenvalue weighted by Crippen LogP contribution is 2.27. The van der Waals surface area contributed by atoms with Gasteiger partial charge >= 0.3 is 0 Å². The molecule has 5 heteroatoms. The minimum absolute atomic E-state index is 0.296. The van der Waals surface area contributed by atoms with Gasteiger partial charge in [-0.15, -0.1) is 0 Å². The molecule has 0 bridgehead atoms. The SMILES string of the molecule is CCC(CSC)Nc1cc(F)c(Br)cc1N. The molecule has 0 aliphatic rings. The van der Waals surface area contributed by atoms with E-state index >= 15 is 0 Å². The van der Waals surface area contributed by atoms with Crippen LogP contribution in [0.15, 0.2) is 16.6 Å². The lowest BCUT2D eigenvalue weighted by Gasteiger charge is -2.18. The molecule has 0 heterocycles. The van der Waals surface area contributed by atoms with Gasteiger partial charge in [0.15, 0.2) is 0 Å². The summed E-state index contributed by atoms with van der Waals surface area (Å²) in [5.41, 5.74) is 7.05. The van der Waals surface area contributed by atoms with Gasteiger partial charge in [0.05, 0.1) is 15.8 Å². The van der Waals surface area contributed by atoms with Crippen LogP contribution in [0, 0.1) is 5.82 Å². The molecule has 0 radical (unpaired) electrons. The summed E-state index contributed by atoms with van der Waals surface area (Å²) >= 11 is 4.87. The minimum atomic E-state index is -0.296. The molecule has 0 fully saturated rings. The van der Waals surface area contributed by atoms with Gasteiger partial charge in [-0.3, -0.25) is 0 Å². The molecule has 0 aromatic heterocycles. The Morgan fingerprint density at radius 3 is 2.81 bits per heavy atom. The molecule has 1 aromatic carbocycles. The Labute approximate surface area is 108 Å². The molecule has 90 valence electrons. The Kier molecular flexibility index (Phi) is 5.41. The van der Waals surface area contributed by atoms with E-state index in [9.17, 15) is 4.39 Å². The number of benzene rings is 1. The molecular weight excluding hydrogens is 291 g/mol. The second kappa shape index (κ2) is 6.35. The summed E-state index contributed by atoms with van der Waals surface area (Å²) in [6.45, 7) is 2.10. The van der Waals surface area contributed by atoms with E-state index in [-0.39, 0.29) is 5.82 Å². The van der Waals surface area contributed by atoms with E-state index in [2.05, 4.69) is 34.4 Å². The molecule has 0 saturated heterocycles. The molecule has 0 saturated carbocycles. The lowest BCUT2D eigenvalue weighted by atomic mass is 10.2. The average Bonchev–Trinajstić information content (AvgIpc) is 2.25. The molecular formula is C11H16BrFN2S. The number of halogens is 2. The zero-order chi connectivity index (χ0) is 12.1. The van der Waals surface area contributed by atoms with Crippen molar-refractivity contribution in [3.05, 3.63) is 22.4 Å². The van der Waals surface area contributed by atoms with Gasteiger partial charge in [0.2, 0.25) is 0 Å². The topological polar surface area (TPSA) is 38.0 Å². The first-order valence-corrected chi connectivity index (χ1v) is 7.27. The maximum atomic E-state index is 13.4. The van der Waals surface area contributed by atoms with Gasteiger partial charge in [0, 0.05) is 17.9 Å². The van der Waals surface area contributed by atoms with Gasteiger partial charge in [-0.2, -0.15) is 11.8 Å². The van der Waals surface area contributed by atoms with E-state index in [1.807, 2.05) is 0 Å². The summed E-state index contributed by atoms with van der Waals surface area (Å²) in [7, 11) is 0. The molecule has 1 unspecified atom stereocenters. The van der Waals surface area contributed by atoms with Crippen molar-refractivity contribution >= 4 is 39.1 Å². The molecule has 0 spiro atoms. The predicted octanol–water partition coefficient (Wildman–Crippen LogP) is 3.72. The van der Waals surface area contributed by atoms with E-state index < -0.39 is 0 Å². The first-order chi connectivity index (χ1) is 7.58. The third-order valence-corrected chi connectivity index (χ3v) is 3.66. The zero-order valence-electron chi connectivity index (χ0n) is 9.39. The largest absolute Gasteiger partial charge is 0.397 e. The van der Waals surface area contributed by atoms with Crippen molar-refractivity contribution in [2.24, 2.45) is 0 Å². The Bertz CT molecular complexity index is 360. The van der Waals surface area contributed by atoms with Crippen molar-refractivity contribution in [3.63, 3.8) is 0 Å². The summed E-state index contributed by atoms with van der Waals surface area (Å²) < 4.78 is 13.7. The van der Waals surface area contributed by atoms with Crippen LogP contribution in [0.4, 0.5) is 15.8 Å². The van der Waals surface area contributed by atoms with Crippen molar-refractivity contribution in [1.82, 2.24) is 0 Å². The number of rotatable bonds is 5. The van der Waals surface area contributed by atoms with Gasteiger partial charge in [-0.05, 0) is 34.7 Å². The van der Waals surface area contributed by atoms with Crippen LogP contribution >= 0.6 is 27.7 Å². The van der Waals surface area contributed by atoms with Crippen LogP contribution in [0.2, 0.25) is 0 Å². The van der Waals surface area contributed by atoms with Crippen LogP contribution in [0.1, 0.15) is 13.3 Å². The molecule has 0 amide bonds. The van der Waals surface area contributed by atoms with Gasteiger partial charge < -0.3 is 11.1 Å². The molecule has 3 N–H and O–H groups in total. The Morgan fingerprint density at radius 2 is 2.25 bits per heavy atom. The number of nitrogen functional groups attached to an aromatic ring is 1. The normalized spacial score (nSPS) is 12.5. The van der Waals surface area contributed by atoms with E-state index in [4.69, 9.17) is 5.73 Å². The Morgan fingerprint density at radius 1 is 1.56 bits per heavy atom. The number of hydrogen-bond donors (Lipinski definition) is 2. The van der Waals surface area contributed by atoms with Crippen LogP contribution in [-0.4, -0.2) is 18.1 Å².